The molecule has 0 aliphatic carbocycles. The first kappa shape index (κ1) is 15.7. The zero-order valence-electron chi connectivity index (χ0n) is 11.7. The molecule has 0 aromatic heterocycles. The van der Waals surface area contributed by atoms with E-state index in [1.165, 1.54) is 23.1 Å². The van der Waals surface area contributed by atoms with Gasteiger partial charge in [-0.15, -0.1) is 11.8 Å². The summed E-state index contributed by atoms with van der Waals surface area (Å²) < 4.78 is 4.65. The van der Waals surface area contributed by atoms with Crippen LogP contribution in [0, 0.1) is 0 Å². The van der Waals surface area contributed by atoms with Gasteiger partial charge in [-0.1, -0.05) is 17.7 Å². The van der Waals surface area contributed by atoms with Gasteiger partial charge < -0.3 is 10.1 Å². The van der Waals surface area contributed by atoms with Crippen molar-refractivity contribution in [3.8, 4) is 0 Å². The molecule has 1 aromatic rings. The van der Waals surface area contributed by atoms with Crippen LogP contribution < -0.4 is 5.32 Å². The van der Waals surface area contributed by atoms with Gasteiger partial charge in [0.05, 0.1) is 12.1 Å². The van der Waals surface area contributed by atoms with Crippen LogP contribution in [-0.4, -0.2) is 31.9 Å². The van der Waals surface area contributed by atoms with Gasteiger partial charge in [-0.2, -0.15) is 0 Å². The minimum Gasteiger partial charge on any atom is -0.469 e. The first-order chi connectivity index (χ1) is 9.72. The lowest BCUT2D eigenvalue weighted by molar-refractivity contribution is -0.140. The van der Waals surface area contributed by atoms with E-state index in [0.29, 0.717) is 6.42 Å². The summed E-state index contributed by atoms with van der Waals surface area (Å²) in [5, 5.41) is 4.24. The fraction of sp³-hybridized carbons (Fsp3) is 0.533. The van der Waals surface area contributed by atoms with Crippen LogP contribution >= 0.6 is 23.4 Å². The maximum Gasteiger partial charge on any atom is 0.305 e. The van der Waals surface area contributed by atoms with Gasteiger partial charge in [0.2, 0.25) is 0 Å². The van der Waals surface area contributed by atoms with Gasteiger partial charge in [-0.25, -0.2) is 0 Å². The molecule has 0 radical (unpaired) electrons. The Kier molecular flexibility index (Phi) is 6.20. The Morgan fingerprint density at radius 1 is 1.40 bits per heavy atom. The average Bonchev–Trinajstić information content (AvgIpc) is 2.70. The molecule has 110 valence electrons. The van der Waals surface area contributed by atoms with Crippen LogP contribution in [-0.2, 0) is 22.4 Å². The van der Waals surface area contributed by atoms with Gasteiger partial charge in [-0.05, 0) is 55.3 Å². The molecule has 5 heteroatoms. The quantitative estimate of drug-likeness (QED) is 0.515. The van der Waals surface area contributed by atoms with Crippen LogP contribution in [0.15, 0.2) is 17.0 Å². The first-order valence-electron chi connectivity index (χ1n) is 6.93. The highest BCUT2D eigenvalue weighted by atomic mass is 35.5. The van der Waals surface area contributed by atoms with Gasteiger partial charge in [0.25, 0.3) is 0 Å². The van der Waals surface area contributed by atoms with E-state index in [-0.39, 0.29) is 5.97 Å². The van der Waals surface area contributed by atoms with Crippen molar-refractivity contribution in [1.29, 1.82) is 0 Å². The molecule has 0 saturated heterocycles. The molecule has 1 heterocycles. The molecule has 0 spiro atoms. The monoisotopic (exact) mass is 313 g/mol. The maximum absolute atomic E-state index is 11.1. The first-order valence-corrected chi connectivity index (χ1v) is 8.29. The number of ether oxygens (including phenoxy) is 1. The molecule has 2 rings (SSSR count). The number of halogens is 1. The van der Waals surface area contributed by atoms with E-state index in [1.807, 2.05) is 6.07 Å². The fourth-order valence-corrected chi connectivity index (χ4v) is 3.81. The van der Waals surface area contributed by atoms with E-state index in [4.69, 9.17) is 11.6 Å². The van der Waals surface area contributed by atoms with Gasteiger partial charge in [-0.3, -0.25) is 4.79 Å². The van der Waals surface area contributed by atoms with Crippen molar-refractivity contribution in [3.05, 3.63) is 28.3 Å². The Hall–Kier alpha value is -0.710. The second-order valence-electron chi connectivity index (χ2n) is 4.79. The number of rotatable bonds is 5. The van der Waals surface area contributed by atoms with Crippen LogP contribution in [0.4, 0.5) is 0 Å². The van der Waals surface area contributed by atoms with E-state index >= 15 is 0 Å². The summed E-state index contributed by atoms with van der Waals surface area (Å²) in [5.74, 6) is 0.742. The number of carbonyl (C=O) groups excluding carboxylic acids is 1. The molecule has 0 atom stereocenters. The molecule has 1 N–H and O–H groups in total. The van der Waals surface area contributed by atoms with E-state index in [9.17, 15) is 4.79 Å². The number of benzene rings is 1. The molecule has 0 fully saturated rings. The zero-order chi connectivity index (χ0) is 14.4. The smallest absolute Gasteiger partial charge is 0.305 e. The standard InChI is InChI=1S/C15H20ClNO2S/c1-19-14(18)3-2-10-20-15-12-7-9-17-8-6-11(12)4-5-13(15)16/h4-5,17H,2-3,6-10H2,1H3. The van der Waals surface area contributed by atoms with Crippen molar-refractivity contribution in [3.63, 3.8) is 0 Å². The topological polar surface area (TPSA) is 38.3 Å². The summed E-state index contributed by atoms with van der Waals surface area (Å²) in [6.45, 7) is 2.03. The van der Waals surface area contributed by atoms with Crippen molar-refractivity contribution in [2.75, 3.05) is 26.0 Å². The van der Waals surface area contributed by atoms with Gasteiger partial charge in [0.1, 0.15) is 0 Å². The molecule has 3 nitrogen and oxygen atoms in total. The second kappa shape index (κ2) is 7.91. The molecule has 0 amide bonds. The third-order valence-electron chi connectivity index (χ3n) is 3.43. The van der Waals surface area contributed by atoms with Crippen LogP contribution in [0.2, 0.25) is 5.02 Å². The summed E-state index contributed by atoms with van der Waals surface area (Å²) in [4.78, 5) is 12.3. The van der Waals surface area contributed by atoms with Crippen molar-refractivity contribution < 1.29 is 9.53 Å². The molecular weight excluding hydrogens is 294 g/mol. The molecule has 0 bridgehead atoms. The number of esters is 1. The molecule has 0 unspecified atom stereocenters. The summed E-state index contributed by atoms with van der Waals surface area (Å²) in [5.41, 5.74) is 2.78. The maximum atomic E-state index is 11.1. The van der Waals surface area contributed by atoms with Crippen molar-refractivity contribution >= 4 is 29.3 Å². The molecule has 1 aliphatic rings. The van der Waals surface area contributed by atoms with Gasteiger partial charge in [0, 0.05) is 11.3 Å². The Bertz CT molecular complexity index is 479. The average molecular weight is 314 g/mol. The number of methoxy groups -OCH3 is 1. The molecule has 20 heavy (non-hydrogen) atoms. The predicted molar refractivity (Wildman–Crippen MR) is 83.7 cm³/mol. The van der Waals surface area contributed by atoms with Crippen LogP contribution in [0.25, 0.3) is 0 Å². The minimum atomic E-state index is -0.146. The van der Waals surface area contributed by atoms with Crippen LogP contribution in [0.1, 0.15) is 24.0 Å². The highest BCUT2D eigenvalue weighted by Crippen LogP contribution is 2.34. The number of hydrogen-bond donors (Lipinski definition) is 1. The minimum absolute atomic E-state index is 0.146. The highest BCUT2D eigenvalue weighted by Gasteiger charge is 2.15. The number of carbonyl (C=O) groups is 1. The molecule has 0 saturated carbocycles. The zero-order valence-corrected chi connectivity index (χ0v) is 13.3. The van der Waals surface area contributed by atoms with Crippen molar-refractivity contribution in [2.45, 2.75) is 30.6 Å². The Morgan fingerprint density at radius 3 is 3.00 bits per heavy atom. The van der Waals surface area contributed by atoms with Crippen LogP contribution in [0.5, 0.6) is 0 Å². The fourth-order valence-electron chi connectivity index (χ4n) is 2.36. The van der Waals surface area contributed by atoms with Crippen molar-refractivity contribution in [1.82, 2.24) is 5.32 Å². The van der Waals surface area contributed by atoms with Crippen molar-refractivity contribution in [2.24, 2.45) is 0 Å². The summed E-state index contributed by atoms with van der Waals surface area (Å²) in [6.07, 6.45) is 3.37. The lowest BCUT2D eigenvalue weighted by atomic mass is 10.0. The third-order valence-corrected chi connectivity index (χ3v) is 5.11. The highest BCUT2D eigenvalue weighted by molar-refractivity contribution is 7.99. The summed E-state index contributed by atoms with van der Waals surface area (Å²) in [6, 6.07) is 4.14. The van der Waals surface area contributed by atoms with Gasteiger partial charge in [0.15, 0.2) is 0 Å². The summed E-state index contributed by atoms with van der Waals surface area (Å²) in [7, 11) is 1.43. The van der Waals surface area contributed by atoms with E-state index in [2.05, 4.69) is 16.1 Å². The molecular formula is C15H20ClNO2S. The Balaban J connectivity index is 2.01. The Labute approximate surface area is 129 Å². The number of thioether (sulfide) groups is 1. The largest absolute Gasteiger partial charge is 0.469 e. The number of hydrogen-bond acceptors (Lipinski definition) is 4. The van der Waals surface area contributed by atoms with Crippen LogP contribution in [0.3, 0.4) is 0 Å². The summed E-state index contributed by atoms with van der Waals surface area (Å²) >= 11 is 8.11. The number of nitrogens with one attached hydrogen (secondary N) is 1. The van der Waals surface area contributed by atoms with E-state index < -0.39 is 0 Å². The SMILES string of the molecule is COC(=O)CCCSc1c(Cl)ccc2c1CCNCC2. The number of fused-ring (bicyclic) bond motifs is 1. The normalized spacial score (nSPS) is 14.5. The van der Waals surface area contributed by atoms with E-state index in [0.717, 1.165) is 43.1 Å². The third kappa shape index (κ3) is 4.14. The Morgan fingerprint density at radius 2 is 2.20 bits per heavy atom. The predicted octanol–water partition coefficient (Wildman–Crippen LogP) is 3.07. The lowest BCUT2D eigenvalue weighted by Crippen LogP contribution is -2.16. The van der Waals surface area contributed by atoms with Gasteiger partial charge >= 0.3 is 5.97 Å². The van der Waals surface area contributed by atoms with E-state index in [1.54, 1.807) is 11.8 Å². The molecule has 1 aromatic carbocycles. The molecule has 1 aliphatic heterocycles. The lowest BCUT2D eigenvalue weighted by Gasteiger charge is -2.13. The second-order valence-corrected chi connectivity index (χ2v) is 6.30.